The smallest absolute Gasteiger partial charge is 0.164 e. The number of hydrogen-bond donors (Lipinski definition) is 0. The maximum absolute atomic E-state index is 6.33. The first kappa shape index (κ1) is 32.9. The number of aromatic nitrogens is 3. The third-order valence-corrected chi connectivity index (χ3v) is 12.1. The highest BCUT2D eigenvalue weighted by molar-refractivity contribution is 6.14. The molecule has 5 heteroatoms. The van der Waals surface area contributed by atoms with Crippen LogP contribution in [-0.4, -0.2) is 15.0 Å². The van der Waals surface area contributed by atoms with Gasteiger partial charge in [-0.1, -0.05) is 140 Å². The van der Waals surface area contributed by atoms with Crippen LogP contribution < -0.4 is 0 Å². The quantitative estimate of drug-likeness (QED) is 0.167. The molecule has 3 aromatic heterocycles. The predicted molar refractivity (Wildman–Crippen MR) is 246 cm³/mol. The molecule has 3 heterocycles. The van der Waals surface area contributed by atoms with Crippen molar-refractivity contribution in [2.45, 2.75) is 0 Å². The highest BCUT2D eigenvalue weighted by Crippen LogP contribution is 2.41. The molecule has 0 N–H and O–H groups in total. The lowest BCUT2D eigenvalue weighted by Crippen LogP contribution is -2.01. The third-order valence-electron chi connectivity index (χ3n) is 12.1. The number of fused-ring (bicyclic) bond motifs is 11. The minimum Gasteiger partial charge on any atom is -0.456 e. The summed E-state index contributed by atoms with van der Waals surface area (Å²) in [5, 5.41) is 13.4. The molecule has 0 aliphatic heterocycles. The van der Waals surface area contributed by atoms with Gasteiger partial charge in [0.15, 0.2) is 17.5 Å². The summed E-state index contributed by atoms with van der Waals surface area (Å²) in [5.41, 5.74) is 8.41. The topological polar surface area (TPSA) is 65.0 Å². The standard InChI is InChI=1S/C55H31N3O2/c1-2-11-38-32(10-1)20-21-33-22-25-36(30-46(33)38)53-56-54(58-55(57-53)45-16-9-19-50-52(45)44-15-6-8-18-49(44)59-50)43-27-26-39(40-12-3-4-13-41(40)43)35-24-23-34-29-47-42-14-5-7-17-48(42)60-51(47)31-37(34)28-35/h1-31H. The van der Waals surface area contributed by atoms with Gasteiger partial charge in [0.05, 0.1) is 0 Å². The van der Waals surface area contributed by atoms with Gasteiger partial charge in [-0.05, 0) is 103 Å². The summed E-state index contributed by atoms with van der Waals surface area (Å²) in [6.45, 7) is 0. The van der Waals surface area contributed by atoms with Crippen LogP contribution >= 0.6 is 0 Å². The van der Waals surface area contributed by atoms with Gasteiger partial charge in [0.25, 0.3) is 0 Å². The van der Waals surface area contributed by atoms with E-state index in [2.05, 4.69) is 146 Å². The van der Waals surface area contributed by atoms with Crippen molar-refractivity contribution >= 4 is 87.0 Å². The molecule has 0 aliphatic carbocycles. The van der Waals surface area contributed by atoms with E-state index in [1.54, 1.807) is 0 Å². The first-order valence-electron chi connectivity index (χ1n) is 20.2. The van der Waals surface area contributed by atoms with Crippen LogP contribution in [0.2, 0.25) is 0 Å². The SMILES string of the molecule is c1ccc2c(c1)ccc1ccc(-c3nc(-c4ccc(-c5ccc6cc7c(cc6c5)oc5ccccc57)c5ccccc45)nc(-c4cccc5oc6ccccc6c45)n3)cc12. The zero-order valence-electron chi connectivity index (χ0n) is 32.1. The first-order chi connectivity index (χ1) is 29.7. The van der Waals surface area contributed by atoms with Crippen LogP contribution in [0.3, 0.4) is 0 Å². The number of rotatable bonds is 4. The van der Waals surface area contributed by atoms with E-state index in [1.807, 2.05) is 42.5 Å². The molecular formula is C55H31N3O2. The highest BCUT2D eigenvalue weighted by atomic mass is 16.3. The van der Waals surface area contributed by atoms with Gasteiger partial charge in [-0.15, -0.1) is 0 Å². The molecule has 13 aromatic rings. The normalized spacial score (nSPS) is 12.0. The Labute approximate surface area is 342 Å². The molecule has 5 nitrogen and oxygen atoms in total. The number of nitrogens with zero attached hydrogens (tertiary/aromatic N) is 3. The Kier molecular flexibility index (Phi) is 6.95. The van der Waals surface area contributed by atoms with Gasteiger partial charge in [0.2, 0.25) is 0 Å². The Hall–Kier alpha value is -8.15. The van der Waals surface area contributed by atoms with E-state index < -0.39 is 0 Å². The molecule has 0 spiro atoms. The van der Waals surface area contributed by atoms with E-state index in [0.717, 1.165) is 93.2 Å². The lowest BCUT2D eigenvalue weighted by atomic mass is 9.93. The molecule has 0 saturated carbocycles. The summed E-state index contributed by atoms with van der Waals surface area (Å²) < 4.78 is 12.6. The van der Waals surface area contributed by atoms with E-state index in [9.17, 15) is 0 Å². The molecule has 0 fully saturated rings. The molecular weight excluding hydrogens is 735 g/mol. The minimum absolute atomic E-state index is 0.588. The lowest BCUT2D eigenvalue weighted by Gasteiger charge is -2.14. The van der Waals surface area contributed by atoms with Gasteiger partial charge in [-0.25, -0.2) is 15.0 Å². The fraction of sp³-hybridized carbons (Fsp3) is 0. The predicted octanol–water partition coefficient (Wildman–Crippen LogP) is 15.0. The Morgan fingerprint density at radius 2 is 0.850 bits per heavy atom. The largest absolute Gasteiger partial charge is 0.456 e. The van der Waals surface area contributed by atoms with Gasteiger partial charge < -0.3 is 8.83 Å². The first-order valence-corrected chi connectivity index (χ1v) is 20.2. The average molecular weight is 766 g/mol. The fourth-order valence-electron chi connectivity index (χ4n) is 9.23. The van der Waals surface area contributed by atoms with Crippen molar-refractivity contribution < 1.29 is 8.83 Å². The Balaban J connectivity index is 1.02. The van der Waals surface area contributed by atoms with E-state index in [-0.39, 0.29) is 0 Å². The van der Waals surface area contributed by atoms with Crippen molar-refractivity contribution in [1.82, 2.24) is 15.0 Å². The monoisotopic (exact) mass is 765 g/mol. The minimum atomic E-state index is 0.588. The molecule has 0 radical (unpaired) electrons. The van der Waals surface area contributed by atoms with E-state index in [1.165, 1.54) is 21.5 Å². The van der Waals surface area contributed by atoms with Crippen molar-refractivity contribution in [2.75, 3.05) is 0 Å². The summed E-state index contributed by atoms with van der Waals surface area (Å²) in [6, 6.07) is 65.9. The van der Waals surface area contributed by atoms with Gasteiger partial charge in [0.1, 0.15) is 22.3 Å². The summed E-state index contributed by atoms with van der Waals surface area (Å²) in [5.74, 6) is 1.80. The van der Waals surface area contributed by atoms with E-state index in [0.29, 0.717) is 17.5 Å². The molecule has 0 saturated heterocycles. The Morgan fingerprint density at radius 3 is 1.70 bits per heavy atom. The molecule has 0 bridgehead atoms. The van der Waals surface area contributed by atoms with Crippen molar-refractivity contribution in [2.24, 2.45) is 0 Å². The Bertz CT molecular complexity index is 3910. The summed E-state index contributed by atoms with van der Waals surface area (Å²) in [7, 11) is 0. The van der Waals surface area contributed by atoms with Gasteiger partial charge in [-0.3, -0.25) is 0 Å². The number of furan rings is 2. The van der Waals surface area contributed by atoms with E-state index >= 15 is 0 Å². The maximum atomic E-state index is 6.33. The van der Waals surface area contributed by atoms with Crippen molar-refractivity contribution in [1.29, 1.82) is 0 Å². The van der Waals surface area contributed by atoms with Crippen molar-refractivity contribution in [3.8, 4) is 45.3 Å². The van der Waals surface area contributed by atoms with Crippen LogP contribution in [-0.2, 0) is 0 Å². The van der Waals surface area contributed by atoms with Crippen molar-refractivity contribution in [3.63, 3.8) is 0 Å². The second kappa shape index (κ2) is 12.7. The zero-order chi connectivity index (χ0) is 39.3. The summed E-state index contributed by atoms with van der Waals surface area (Å²) in [6.07, 6.45) is 0. The zero-order valence-corrected chi connectivity index (χ0v) is 32.1. The van der Waals surface area contributed by atoms with Crippen LogP contribution in [0.1, 0.15) is 0 Å². The molecule has 0 aliphatic rings. The van der Waals surface area contributed by atoms with Crippen LogP contribution in [0.5, 0.6) is 0 Å². The lowest BCUT2D eigenvalue weighted by molar-refractivity contribution is 0.669. The molecule has 60 heavy (non-hydrogen) atoms. The van der Waals surface area contributed by atoms with E-state index in [4.69, 9.17) is 23.8 Å². The molecule has 0 amide bonds. The molecule has 0 atom stereocenters. The van der Waals surface area contributed by atoms with Crippen LogP contribution in [0.25, 0.3) is 132 Å². The number of hydrogen-bond acceptors (Lipinski definition) is 5. The number of benzene rings is 10. The van der Waals surface area contributed by atoms with Gasteiger partial charge in [0, 0.05) is 38.2 Å². The Morgan fingerprint density at radius 1 is 0.267 bits per heavy atom. The fourth-order valence-corrected chi connectivity index (χ4v) is 9.23. The van der Waals surface area contributed by atoms with Crippen LogP contribution in [0.4, 0.5) is 0 Å². The third kappa shape index (κ3) is 5.03. The second-order valence-electron chi connectivity index (χ2n) is 15.5. The van der Waals surface area contributed by atoms with Gasteiger partial charge >= 0.3 is 0 Å². The summed E-state index contributed by atoms with van der Waals surface area (Å²) >= 11 is 0. The molecule has 0 unspecified atom stereocenters. The summed E-state index contributed by atoms with van der Waals surface area (Å²) in [4.78, 5) is 15.9. The maximum Gasteiger partial charge on any atom is 0.164 e. The second-order valence-corrected chi connectivity index (χ2v) is 15.5. The highest BCUT2D eigenvalue weighted by Gasteiger charge is 2.20. The average Bonchev–Trinajstić information content (AvgIpc) is 3.88. The van der Waals surface area contributed by atoms with Crippen LogP contribution in [0.15, 0.2) is 197 Å². The van der Waals surface area contributed by atoms with Crippen LogP contribution in [0, 0.1) is 0 Å². The molecule has 278 valence electrons. The molecule has 13 rings (SSSR count). The van der Waals surface area contributed by atoms with Gasteiger partial charge in [-0.2, -0.15) is 0 Å². The molecule has 10 aromatic carbocycles. The number of para-hydroxylation sites is 2. The van der Waals surface area contributed by atoms with Crippen molar-refractivity contribution in [3.05, 3.63) is 188 Å².